The van der Waals surface area contributed by atoms with E-state index in [2.05, 4.69) is 27.2 Å². The highest BCUT2D eigenvalue weighted by atomic mass is 16.5. The molecule has 0 aliphatic rings. The minimum Gasteiger partial charge on any atom is -0.497 e. The van der Waals surface area contributed by atoms with E-state index in [1.807, 2.05) is 59.4 Å². The molecule has 2 heterocycles. The van der Waals surface area contributed by atoms with Crippen LogP contribution in [0.1, 0.15) is 26.2 Å². The highest BCUT2D eigenvalue weighted by Gasteiger charge is 2.13. The molecule has 0 bridgehead atoms. The van der Waals surface area contributed by atoms with Crippen LogP contribution in [0.3, 0.4) is 0 Å². The predicted molar refractivity (Wildman–Crippen MR) is 166 cm³/mol. The van der Waals surface area contributed by atoms with E-state index in [0.29, 0.717) is 24.3 Å². The minimum atomic E-state index is -0.0490. The molecule has 0 saturated carbocycles. The molecule has 3 N–H and O–H groups in total. The van der Waals surface area contributed by atoms with Gasteiger partial charge in [0.05, 0.1) is 54.7 Å². The Morgan fingerprint density at radius 3 is 2.48 bits per heavy atom. The fourth-order valence-electron chi connectivity index (χ4n) is 4.77. The molecule has 0 fully saturated rings. The number of ether oxygens (including phenoxy) is 2. The molecule has 5 rings (SSSR count). The Bertz CT molecular complexity index is 1660. The molecule has 2 aromatic heterocycles. The molecule has 1 amide bonds. The summed E-state index contributed by atoms with van der Waals surface area (Å²) in [6.45, 7) is 3.53. The van der Waals surface area contributed by atoms with Gasteiger partial charge >= 0.3 is 0 Å². The van der Waals surface area contributed by atoms with Crippen LogP contribution in [-0.2, 0) is 11.3 Å². The molecule has 0 radical (unpaired) electrons. The number of nitrogens with two attached hydrogens (primary N) is 1. The van der Waals surface area contributed by atoms with E-state index in [4.69, 9.17) is 20.2 Å². The van der Waals surface area contributed by atoms with Gasteiger partial charge in [-0.05, 0) is 50.1 Å². The lowest BCUT2D eigenvalue weighted by Crippen LogP contribution is -2.16. The number of benzene rings is 3. The molecule has 3 aromatic carbocycles. The van der Waals surface area contributed by atoms with Crippen LogP contribution in [0.15, 0.2) is 79.3 Å². The van der Waals surface area contributed by atoms with E-state index < -0.39 is 0 Å². The van der Waals surface area contributed by atoms with Gasteiger partial charge in [-0.15, -0.1) is 0 Å². The smallest absolute Gasteiger partial charge is 0.224 e. The Kier molecular flexibility index (Phi) is 8.81. The van der Waals surface area contributed by atoms with Gasteiger partial charge in [0.25, 0.3) is 0 Å². The summed E-state index contributed by atoms with van der Waals surface area (Å²) in [6, 6.07) is 19.1. The number of methoxy groups -OCH3 is 2. The molecule has 0 saturated heterocycles. The summed E-state index contributed by atoms with van der Waals surface area (Å²) in [7, 11) is 3.29. The monoisotopic (exact) mass is 565 g/mol. The second kappa shape index (κ2) is 13.0. The average molecular weight is 566 g/mol. The maximum atomic E-state index is 12.3. The Balaban J connectivity index is 1.25. The zero-order valence-corrected chi connectivity index (χ0v) is 24.1. The van der Waals surface area contributed by atoms with Gasteiger partial charge in [-0.25, -0.2) is 4.98 Å². The van der Waals surface area contributed by atoms with Crippen molar-refractivity contribution in [2.75, 3.05) is 36.7 Å². The van der Waals surface area contributed by atoms with Gasteiger partial charge in [0.1, 0.15) is 11.5 Å². The molecule has 0 unspecified atom stereocenters. The van der Waals surface area contributed by atoms with Crippen LogP contribution in [0.2, 0.25) is 0 Å². The van der Waals surface area contributed by atoms with E-state index >= 15 is 0 Å². The molecule has 0 aliphatic heterocycles. The van der Waals surface area contributed by atoms with Crippen molar-refractivity contribution in [1.29, 1.82) is 0 Å². The lowest BCUT2D eigenvalue weighted by Gasteiger charge is -2.24. The number of amides is 1. The number of anilines is 4. The predicted octanol–water partition coefficient (Wildman–Crippen LogP) is 6.06. The number of aromatic nitrogens is 4. The summed E-state index contributed by atoms with van der Waals surface area (Å²) >= 11 is 0. The van der Waals surface area contributed by atoms with Gasteiger partial charge in [0.2, 0.25) is 5.91 Å². The molecule has 0 aliphatic carbocycles. The van der Waals surface area contributed by atoms with Crippen LogP contribution in [0.5, 0.6) is 11.5 Å². The van der Waals surface area contributed by atoms with E-state index in [1.54, 1.807) is 38.7 Å². The van der Waals surface area contributed by atoms with Crippen molar-refractivity contribution in [3.05, 3.63) is 79.3 Å². The van der Waals surface area contributed by atoms with E-state index in [0.717, 1.165) is 64.6 Å². The van der Waals surface area contributed by atoms with Crippen molar-refractivity contribution in [2.24, 2.45) is 0 Å². The van der Waals surface area contributed by atoms with Gasteiger partial charge in [-0.1, -0.05) is 12.1 Å². The first-order valence-electron chi connectivity index (χ1n) is 13.9. The lowest BCUT2D eigenvalue weighted by atomic mass is 10.2. The maximum Gasteiger partial charge on any atom is 0.224 e. The molecular weight excluding hydrogens is 530 g/mol. The minimum absolute atomic E-state index is 0.0490. The second-order valence-electron chi connectivity index (χ2n) is 9.83. The molecule has 10 nitrogen and oxygen atoms in total. The van der Waals surface area contributed by atoms with Gasteiger partial charge in [-0.3, -0.25) is 14.5 Å². The number of rotatable bonds is 12. The number of carbonyl (C=O) groups is 1. The third kappa shape index (κ3) is 6.60. The fraction of sp³-hybridized carbons (Fsp3) is 0.250. The Morgan fingerprint density at radius 1 is 0.952 bits per heavy atom. The summed E-state index contributed by atoms with van der Waals surface area (Å²) in [4.78, 5) is 24.0. The first kappa shape index (κ1) is 28.4. The van der Waals surface area contributed by atoms with Crippen molar-refractivity contribution < 1.29 is 14.3 Å². The third-order valence-electron chi connectivity index (χ3n) is 7.01. The molecule has 216 valence electrons. The first-order chi connectivity index (χ1) is 20.5. The van der Waals surface area contributed by atoms with Crippen molar-refractivity contribution in [1.82, 2.24) is 19.7 Å². The number of nitrogens with one attached hydrogen (secondary N) is 1. The summed E-state index contributed by atoms with van der Waals surface area (Å²) in [6.07, 6.45) is 7.50. The number of para-hydroxylation sites is 2. The summed E-state index contributed by atoms with van der Waals surface area (Å²) in [5, 5.41) is 7.37. The van der Waals surface area contributed by atoms with E-state index in [1.165, 1.54) is 0 Å². The number of unbranched alkanes of at least 4 members (excludes halogenated alkanes) is 1. The van der Waals surface area contributed by atoms with Crippen LogP contribution in [0, 0.1) is 0 Å². The number of hydrogen-bond donors (Lipinski definition) is 2. The highest BCUT2D eigenvalue weighted by molar-refractivity contribution is 5.93. The number of nitrogens with zero attached hydrogens (tertiary/aromatic N) is 5. The number of carbonyl (C=O) groups excluding carboxylic acids is 1. The summed E-state index contributed by atoms with van der Waals surface area (Å²) in [5.41, 5.74) is 12.3. The second-order valence-corrected chi connectivity index (χ2v) is 9.83. The topological polar surface area (TPSA) is 120 Å². The van der Waals surface area contributed by atoms with Gasteiger partial charge in [0, 0.05) is 60.8 Å². The lowest BCUT2D eigenvalue weighted by molar-refractivity contribution is -0.116. The standard InChI is InChI=1S/C32H35N7O3/c1-4-39(24-15-25(41-2)18-26(16-24)42-3)23-12-13-29-30(17-23)36-31(20-34-29)22-19-35-38(21-22)14-8-7-11-32(40)37-28-10-6-5-9-27(28)33/h5-6,9-10,12-13,15-21H,4,7-8,11,14,33H2,1-3H3,(H,37,40). The van der Waals surface area contributed by atoms with Crippen molar-refractivity contribution in [2.45, 2.75) is 32.7 Å². The number of nitrogen functional groups attached to an aromatic ring is 1. The SMILES string of the molecule is CCN(c1cc(OC)cc(OC)c1)c1ccc2ncc(-c3cnn(CCCCC(=O)Nc4ccccc4N)c3)nc2c1. The zero-order valence-electron chi connectivity index (χ0n) is 24.1. The molecule has 10 heteroatoms. The number of hydrogen-bond acceptors (Lipinski definition) is 8. The van der Waals surface area contributed by atoms with Crippen LogP contribution in [-0.4, -0.2) is 46.4 Å². The normalized spacial score (nSPS) is 10.9. The van der Waals surface area contributed by atoms with Crippen LogP contribution < -0.4 is 25.4 Å². The highest BCUT2D eigenvalue weighted by Crippen LogP contribution is 2.34. The number of aryl methyl sites for hydroxylation is 1. The molecular formula is C32H35N7O3. The van der Waals surface area contributed by atoms with Crippen LogP contribution in [0.4, 0.5) is 22.7 Å². The molecule has 0 spiro atoms. The quantitative estimate of drug-likeness (QED) is 0.138. The van der Waals surface area contributed by atoms with Crippen LogP contribution >= 0.6 is 0 Å². The van der Waals surface area contributed by atoms with Gasteiger partial charge < -0.3 is 25.4 Å². The van der Waals surface area contributed by atoms with Gasteiger partial charge in [0.15, 0.2) is 0 Å². The van der Waals surface area contributed by atoms with E-state index in [9.17, 15) is 4.79 Å². The Hall–Kier alpha value is -5.12. The zero-order chi connectivity index (χ0) is 29.5. The first-order valence-corrected chi connectivity index (χ1v) is 13.9. The molecule has 5 aromatic rings. The van der Waals surface area contributed by atoms with Crippen molar-refractivity contribution in [3.8, 4) is 22.8 Å². The third-order valence-corrected chi connectivity index (χ3v) is 7.01. The Labute approximate surface area is 245 Å². The van der Waals surface area contributed by atoms with Crippen LogP contribution in [0.25, 0.3) is 22.3 Å². The van der Waals surface area contributed by atoms with Crippen molar-refractivity contribution in [3.63, 3.8) is 0 Å². The van der Waals surface area contributed by atoms with Crippen molar-refractivity contribution >= 4 is 39.7 Å². The summed E-state index contributed by atoms with van der Waals surface area (Å²) in [5.74, 6) is 1.40. The van der Waals surface area contributed by atoms with E-state index in [-0.39, 0.29) is 5.91 Å². The molecule has 0 atom stereocenters. The number of fused-ring (bicyclic) bond motifs is 1. The maximum absolute atomic E-state index is 12.3. The Morgan fingerprint density at radius 2 is 1.74 bits per heavy atom. The molecule has 42 heavy (non-hydrogen) atoms. The summed E-state index contributed by atoms with van der Waals surface area (Å²) < 4.78 is 12.8. The van der Waals surface area contributed by atoms with Gasteiger partial charge in [-0.2, -0.15) is 5.10 Å². The fourth-order valence-corrected chi connectivity index (χ4v) is 4.77. The largest absolute Gasteiger partial charge is 0.497 e. The average Bonchev–Trinajstić information content (AvgIpc) is 3.49.